The number of amides is 1. The number of rotatable bonds is 3. The Labute approximate surface area is 144 Å². The molecule has 1 saturated carbocycles. The molecule has 4 nitrogen and oxygen atoms in total. The molecular formula is C20H27N3O. The van der Waals surface area contributed by atoms with E-state index >= 15 is 0 Å². The van der Waals surface area contributed by atoms with E-state index in [-0.39, 0.29) is 11.4 Å². The van der Waals surface area contributed by atoms with Gasteiger partial charge >= 0.3 is 0 Å². The first kappa shape index (κ1) is 15.8. The molecule has 1 saturated heterocycles. The summed E-state index contributed by atoms with van der Waals surface area (Å²) in [7, 11) is 0. The number of nitrogens with zero attached hydrogens (tertiary/aromatic N) is 3. The summed E-state index contributed by atoms with van der Waals surface area (Å²) in [5.74, 6) is 0.104. The maximum absolute atomic E-state index is 12.6. The van der Waals surface area contributed by atoms with Crippen LogP contribution >= 0.6 is 0 Å². The van der Waals surface area contributed by atoms with Crippen LogP contribution in [0.3, 0.4) is 0 Å². The third-order valence-corrected chi connectivity index (χ3v) is 6.09. The van der Waals surface area contributed by atoms with Gasteiger partial charge in [0.05, 0.1) is 6.34 Å². The van der Waals surface area contributed by atoms with Gasteiger partial charge in [0.2, 0.25) is 0 Å². The van der Waals surface area contributed by atoms with Crippen LogP contribution in [0.25, 0.3) is 0 Å². The Morgan fingerprint density at radius 1 is 1.04 bits per heavy atom. The SMILES string of the molecule is O=C1N=CN(C2CCCCC2)C12CCN(Cc1ccccc1)CC2. The molecule has 2 fully saturated rings. The zero-order chi connectivity index (χ0) is 16.4. The summed E-state index contributed by atoms with van der Waals surface area (Å²) in [5, 5.41) is 0. The minimum absolute atomic E-state index is 0.104. The molecule has 4 heteroatoms. The molecule has 1 aromatic rings. The summed E-state index contributed by atoms with van der Waals surface area (Å²) in [6.07, 6.45) is 10.0. The van der Waals surface area contributed by atoms with Crippen LogP contribution in [0.5, 0.6) is 0 Å². The number of carbonyl (C=O) groups is 1. The van der Waals surface area contributed by atoms with E-state index in [2.05, 4.69) is 45.1 Å². The molecule has 3 aliphatic rings. The number of aliphatic imine (C=N–C) groups is 1. The molecule has 1 spiro atoms. The molecule has 24 heavy (non-hydrogen) atoms. The second kappa shape index (κ2) is 6.67. The summed E-state index contributed by atoms with van der Waals surface area (Å²) in [5.41, 5.74) is 1.02. The van der Waals surface area contributed by atoms with Crippen molar-refractivity contribution in [1.82, 2.24) is 9.80 Å². The van der Waals surface area contributed by atoms with Crippen molar-refractivity contribution in [2.45, 2.75) is 63.1 Å². The third-order valence-electron chi connectivity index (χ3n) is 6.09. The van der Waals surface area contributed by atoms with E-state index in [0.717, 1.165) is 32.5 Å². The second-order valence-corrected chi connectivity index (χ2v) is 7.54. The second-order valence-electron chi connectivity index (χ2n) is 7.54. The van der Waals surface area contributed by atoms with Crippen LogP contribution in [0, 0.1) is 0 Å². The topological polar surface area (TPSA) is 35.9 Å². The van der Waals surface area contributed by atoms with Crippen LogP contribution in [0.2, 0.25) is 0 Å². The van der Waals surface area contributed by atoms with Gasteiger partial charge < -0.3 is 4.90 Å². The Balaban J connectivity index is 1.43. The van der Waals surface area contributed by atoms with Crippen molar-refractivity contribution in [2.24, 2.45) is 4.99 Å². The summed E-state index contributed by atoms with van der Waals surface area (Å²) >= 11 is 0. The Morgan fingerprint density at radius 3 is 2.46 bits per heavy atom. The predicted octanol–water partition coefficient (Wildman–Crippen LogP) is 3.22. The molecule has 128 valence electrons. The highest BCUT2D eigenvalue weighted by Gasteiger charge is 2.50. The fourth-order valence-electron chi connectivity index (χ4n) is 4.65. The molecule has 0 bridgehead atoms. The number of likely N-dealkylation sites (tertiary alicyclic amines) is 1. The van der Waals surface area contributed by atoms with Crippen LogP contribution in [0.1, 0.15) is 50.5 Å². The smallest absolute Gasteiger partial charge is 0.273 e. The van der Waals surface area contributed by atoms with Gasteiger partial charge in [-0.2, -0.15) is 0 Å². The van der Waals surface area contributed by atoms with Crippen LogP contribution in [-0.4, -0.2) is 46.7 Å². The predicted molar refractivity (Wildman–Crippen MR) is 95.9 cm³/mol. The van der Waals surface area contributed by atoms with Gasteiger partial charge in [-0.1, -0.05) is 49.6 Å². The van der Waals surface area contributed by atoms with Gasteiger partial charge in [0.15, 0.2) is 0 Å². The van der Waals surface area contributed by atoms with E-state index in [0.29, 0.717) is 6.04 Å². The number of benzene rings is 1. The summed E-state index contributed by atoms with van der Waals surface area (Å²) in [6, 6.07) is 11.1. The normalized spacial score (nSPS) is 24.8. The van der Waals surface area contributed by atoms with Crippen molar-refractivity contribution in [2.75, 3.05) is 13.1 Å². The Bertz CT molecular complexity index is 599. The largest absolute Gasteiger partial charge is 0.345 e. The molecule has 2 heterocycles. The van der Waals surface area contributed by atoms with E-state index in [1.165, 1.54) is 37.7 Å². The van der Waals surface area contributed by atoms with Crippen LogP contribution in [0.4, 0.5) is 0 Å². The quantitative estimate of drug-likeness (QED) is 0.856. The van der Waals surface area contributed by atoms with Gasteiger partial charge in [-0.15, -0.1) is 0 Å². The van der Waals surface area contributed by atoms with Gasteiger partial charge in [-0.3, -0.25) is 9.69 Å². The first-order chi connectivity index (χ1) is 11.8. The van der Waals surface area contributed by atoms with Crippen molar-refractivity contribution in [3.05, 3.63) is 35.9 Å². The Hall–Kier alpha value is -1.68. The molecule has 0 unspecified atom stereocenters. The van der Waals surface area contributed by atoms with Crippen molar-refractivity contribution in [1.29, 1.82) is 0 Å². The third kappa shape index (κ3) is 2.88. The lowest BCUT2D eigenvalue weighted by Crippen LogP contribution is -2.59. The minimum Gasteiger partial charge on any atom is -0.345 e. The molecule has 0 atom stereocenters. The zero-order valence-electron chi connectivity index (χ0n) is 14.4. The molecule has 0 radical (unpaired) electrons. The Kier molecular flexibility index (Phi) is 4.40. The lowest BCUT2D eigenvalue weighted by molar-refractivity contribution is -0.129. The van der Waals surface area contributed by atoms with Crippen molar-refractivity contribution < 1.29 is 4.79 Å². The molecule has 0 N–H and O–H groups in total. The average molecular weight is 325 g/mol. The van der Waals surface area contributed by atoms with Gasteiger partial charge in [0, 0.05) is 25.7 Å². The number of piperidine rings is 1. The van der Waals surface area contributed by atoms with E-state index in [9.17, 15) is 4.79 Å². The highest BCUT2D eigenvalue weighted by Crippen LogP contribution is 2.38. The highest BCUT2D eigenvalue weighted by atomic mass is 16.2. The summed E-state index contributed by atoms with van der Waals surface area (Å²) in [4.78, 5) is 21.7. The lowest BCUT2D eigenvalue weighted by atomic mass is 9.82. The molecule has 1 aromatic carbocycles. The lowest BCUT2D eigenvalue weighted by Gasteiger charge is -2.47. The summed E-state index contributed by atoms with van der Waals surface area (Å²) in [6.45, 7) is 2.94. The molecular weight excluding hydrogens is 298 g/mol. The number of hydrogen-bond donors (Lipinski definition) is 0. The fourth-order valence-corrected chi connectivity index (χ4v) is 4.65. The van der Waals surface area contributed by atoms with Gasteiger partial charge in [-0.05, 0) is 31.2 Å². The molecule has 1 aliphatic carbocycles. The first-order valence-corrected chi connectivity index (χ1v) is 9.41. The maximum atomic E-state index is 12.6. The summed E-state index contributed by atoms with van der Waals surface area (Å²) < 4.78 is 0. The van der Waals surface area contributed by atoms with E-state index < -0.39 is 0 Å². The van der Waals surface area contributed by atoms with Gasteiger partial charge in [0.25, 0.3) is 5.91 Å². The molecule has 1 amide bonds. The average Bonchev–Trinajstić information content (AvgIpc) is 2.95. The zero-order valence-corrected chi connectivity index (χ0v) is 14.4. The van der Waals surface area contributed by atoms with Crippen LogP contribution in [0.15, 0.2) is 35.3 Å². The van der Waals surface area contributed by atoms with Crippen molar-refractivity contribution in [3.63, 3.8) is 0 Å². The number of carbonyl (C=O) groups excluding carboxylic acids is 1. The van der Waals surface area contributed by atoms with Crippen LogP contribution in [-0.2, 0) is 11.3 Å². The van der Waals surface area contributed by atoms with Crippen molar-refractivity contribution in [3.8, 4) is 0 Å². The van der Waals surface area contributed by atoms with E-state index in [1.54, 1.807) is 0 Å². The minimum atomic E-state index is -0.338. The molecule has 4 rings (SSSR count). The standard InChI is InChI=1S/C20H27N3O/c24-19-20(23(16-21-19)18-9-5-2-6-10-18)11-13-22(14-12-20)15-17-7-3-1-4-8-17/h1,3-4,7-8,16,18H,2,5-6,9-15H2. The van der Waals surface area contributed by atoms with Crippen LogP contribution < -0.4 is 0 Å². The van der Waals surface area contributed by atoms with Gasteiger partial charge in [-0.25, -0.2) is 4.99 Å². The number of hydrogen-bond acceptors (Lipinski definition) is 3. The monoisotopic (exact) mass is 325 g/mol. The molecule has 2 aliphatic heterocycles. The van der Waals surface area contributed by atoms with E-state index in [1.807, 2.05) is 6.34 Å². The van der Waals surface area contributed by atoms with E-state index in [4.69, 9.17) is 0 Å². The van der Waals surface area contributed by atoms with Crippen molar-refractivity contribution >= 4 is 12.2 Å². The Morgan fingerprint density at radius 2 is 1.75 bits per heavy atom. The van der Waals surface area contributed by atoms with Gasteiger partial charge in [0.1, 0.15) is 5.54 Å². The first-order valence-electron chi connectivity index (χ1n) is 9.41. The molecule has 0 aromatic heterocycles. The fraction of sp³-hybridized carbons (Fsp3) is 0.600. The highest BCUT2D eigenvalue weighted by molar-refractivity contribution is 5.99. The maximum Gasteiger partial charge on any atom is 0.273 e.